The Kier molecular flexibility index (Phi) is 6.27. The molecule has 14 heavy (non-hydrogen) atoms. The Labute approximate surface area is 86.7 Å². The highest BCUT2D eigenvalue weighted by molar-refractivity contribution is 4.81. The van der Waals surface area contributed by atoms with Crippen molar-refractivity contribution < 1.29 is 10.2 Å². The number of nitrogens with two attached hydrogens (primary N) is 1. The fourth-order valence-corrected chi connectivity index (χ4v) is 1.41. The van der Waals surface area contributed by atoms with E-state index in [2.05, 4.69) is 0 Å². The standard InChI is InChI=1S/C10H24N2O2/c1-10(11,5-7-13)8-9(14)4-6-12(2)3/h9,13-14H,4-8,11H2,1-3H3. The van der Waals surface area contributed by atoms with Gasteiger partial charge < -0.3 is 20.8 Å². The van der Waals surface area contributed by atoms with Crippen LogP contribution in [0.15, 0.2) is 0 Å². The molecule has 0 rings (SSSR count). The van der Waals surface area contributed by atoms with Crippen molar-refractivity contribution in [2.75, 3.05) is 27.2 Å². The molecule has 2 unspecified atom stereocenters. The number of aliphatic hydroxyl groups excluding tert-OH is 2. The number of nitrogens with zero attached hydrogens (tertiary/aromatic N) is 1. The SMILES string of the molecule is CN(C)CCC(O)CC(C)(N)CCO. The average molecular weight is 204 g/mol. The van der Waals surface area contributed by atoms with Crippen LogP contribution in [0.3, 0.4) is 0 Å². The number of hydrogen-bond donors (Lipinski definition) is 3. The first-order chi connectivity index (χ1) is 6.37. The van der Waals surface area contributed by atoms with Crippen molar-refractivity contribution in [3.8, 4) is 0 Å². The van der Waals surface area contributed by atoms with Gasteiger partial charge in [0.05, 0.1) is 6.10 Å². The summed E-state index contributed by atoms with van der Waals surface area (Å²) in [5.41, 5.74) is 5.44. The van der Waals surface area contributed by atoms with Crippen LogP contribution in [-0.2, 0) is 0 Å². The minimum atomic E-state index is -0.458. The van der Waals surface area contributed by atoms with Crippen LogP contribution in [0.4, 0.5) is 0 Å². The van der Waals surface area contributed by atoms with E-state index in [1.807, 2.05) is 25.9 Å². The maximum atomic E-state index is 9.67. The van der Waals surface area contributed by atoms with Crippen molar-refractivity contribution >= 4 is 0 Å². The fraction of sp³-hybridized carbons (Fsp3) is 1.00. The molecule has 0 aromatic heterocycles. The number of hydrogen-bond acceptors (Lipinski definition) is 4. The third kappa shape index (κ3) is 7.26. The van der Waals surface area contributed by atoms with Crippen molar-refractivity contribution in [2.45, 2.75) is 37.8 Å². The van der Waals surface area contributed by atoms with E-state index in [9.17, 15) is 5.11 Å². The number of rotatable bonds is 7. The van der Waals surface area contributed by atoms with Crippen LogP contribution in [0.25, 0.3) is 0 Å². The minimum Gasteiger partial charge on any atom is -0.396 e. The van der Waals surface area contributed by atoms with Crippen LogP contribution < -0.4 is 5.73 Å². The van der Waals surface area contributed by atoms with Gasteiger partial charge in [-0.3, -0.25) is 0 Å². The zero-order valence-electron chi connectivity index (χ0n) is 9.53. The highest BCUT2D eigenvalue weighted by atomic mass is 16.3. The van der Waals surface area contributed by atoms with Crippen LogP contribution in [0.2, 0.25) is 0 Å². The monoisotopic (exact) mass is 204 g/mol. The van der Waals surface area contributed by atoms with Crippen LogP contribution in [-0.4, -0.2) is 54.0 Å². The Hall–Kier alpha value is -0.160. The van der Waals surface area contributed by atoms with E-state index >= 15 is 0 Å². The molecular weight excluding hydrogens is 180 g/mol. The summed E-state index contributed by atoms with van der Waals surface area (Å²) in [4.78, 5) is 2.03. The van der Waals surface area contributed by atoms with Gasteiger partial charge in [0, 0.05) is 12.1 Å². The summed E-state index contributed by atoms with van der Waals surface area (Å²) in [6.07, 6.45) is 1.43. The molecule has 4 nitrogen and oxygen atoms in total. The lowest BCUT2D eigenvalue weighted by Crippen LogP contribution is -2.41. The Morgan fingerprint density at radius 1 is 1.43 bits per heavy atom. The predicted molar refractivity (Wildman–Crippen MR) is 58.1 cm³/mol. The van der Waals surface area contributed by atoms with Gasteiger partial charge in [0.1, 0.15) is 0 Å². The third-order valence-electron chi connectivity index (χ3n) is 2.29. The molecule has 0 radical (unpaired) electrons. The second-order valence-electron chi connectivity index (χ2n) is 4.58. The van der Waals surface area contributed by atoms with Gasteiger partial charge in [0.15, 0.2) is 0 Å². The maximum absolute atomic E-state index is 9.67. The van der Waals surface area contributed by atoms with Crippen LogP contribution in [0, 0.1) is 0 Å². The van der Waals surface area contributed by atoms with Gasteiger partial charge in [-0.1, -0.05) is 0 Å². The quantitative estimate of drug-likeness (QED) is 0.536. The molecule has 0 spiro atoms. The van der Waals surface area contributed by atoms with Gasteiger partial charge in [0.25, 0.3) is 0 Å². The molecule has 0 amide bonds. The van der Waals surface area contributed by atoms with Crippen molar-refractivity contribution in [2.24, 2.45) is 5.73 Å². The van der Waals surface area contributed by atoms with E-state index in [1.165, 1.54) is 0 Å². The Balaban J connectivity index is 3.74. The zero-order valence-corrected chi connectivity index (χ0v) is 9.53. The van der Waals surface area contributed by atoms with E-state index < -0.39 is 5.54 Å². The fourth-order valence-electron chi connectivity index (χ4n) is 1.41. The second kappa shape index (κ2) is 6.35. The van der Waals surface area contributed by atoms with Crippen molar-refractivity contribution in [3.05, 3.63) is 0 Å². The minimum absolute atomic E-state index is 0.0768. The summed E-state index contributed by atoms with van der Waals surface area (Å²) in [7, 11) is 3.95. The summed E-state index contributed by atoms with van der Waals surface area (Å²) in [5, 5.41) is 18.4. The topological polar surface area (TPSA) is 69.7 Å². The molecule has 0 aliphatic carbocycles. The highest BCUT2D eigenvalue weighted by Crippen LogP contribution is 2.15. The van der Waals surface area contributed by atoms with Gasteiger partial charge in [-0.2, -0.15) is 0 Å². The maximum Gasteiger partial charge on any atom is 0.0569 e. The van der Waals surface area contributed by atoms with Gasteiger partial charge in [-0.25, -0.2) is 0 Å². The van der Waals surface area contributed by atoms with E-state index in [1.54, 1.807) is 0 Å². The first-order valence-corrected chi connectivity index (χ1v) is 5.10. The van der Waals surface area contributed by atoms with Gasteiger partial charge >= 0.3 is 0 Å². The highest BCUT2D eigenvalue weighted by Gasteiger charge is 2.21. The molecule has 4 N–H and O–H groups in total. The van der Waals surface area contributed by atoms with Crippen molar-refractivity contribution in [1.82, 2.24) is 4.90 Å². The van der Waals surface area contributed by atoms with Crippen LogP contribution >= 0.6 is 0 Å². The lowest BCUT2D eigenvalue weighted by Gasteiger charge is -2.27. The summed E-state index contributed by atoms with van der Waals surface area (Å²) in [5.74, 6) is 0. The molecule has 0 fully saturated rings. The first-order valence-electron chi connectivity index (χ1n) is 5.10. The van der Waals surface area contributed by atoms with E-state index in [0.29, 0.717) is 12.8 Å². The summed E-state index contributed by atoms with van der Waals surface area (Å²) >= 11 is 0. The first kappa shape index (κ1) is 13.8. The summed E-state index contributed by atoms with van der Waals surface area (Å²) in [6, 6.07) is 0. The van der Waals surface area contributed by atoms with E-state index in [-0.39, 0.29) is 12.7 Å². The Morgan fingerprint density at radius 2 is 2.00 bits per heavy atom. The molecule has 4 heteroatoms. The molecule has 0 saturated heterocycles. The van der Waals surface area contributed by atoms with Crippen LogP contribution in [0.1, 0.15) is 26.2 Å². The van der Waals surface area contributed by atoms with E-state index in [4.69, 9.17) is 10.8 Å². The average Bonchev–Trinajstić information content (AvgIpc) is 1.99. The molecule has 0 aromatic rings. The normalized spacial score (nSPS) is 18.2. The largest absolute Gasteiger partial charge is 0.396 e. The molecule has 86 valence electrons. The Bertz CT molecular complexity index is 149. The molecule has 2 atom stereocenters. The molecule has 0 saturated carbocycles. The summed E-state index contributed by atoms with van der Waals surface area (Å²) < 4.78 is 0. The molecule has 0 bridgehead atoms. The van der Waals surface area contributed by atoms with Crippen molar-refractivity contribution in [1.29, 1.82) is 0 Å². The molecule has 0 aromatic carbocycles. The molecule has 0 aliphatic heterocycles. The van der Waals surface area contributed by atoms with Gasteiger partial charge in [-0.05, 0) is 46.8 Å². The van der Waals surface area contributed by atoms with Crippen molar-refractivity contribution in [3.63, 3.8) is 0 Å². The lowest BCUT2D eigenvalue weighted by molar-refractivity contribution is 0.108. The smallest absolute Gasteiger partial charge is 0.0569 e. The second-order valence-corrected chi connectivity index (χ2v) is 4.58. The number of aliphatic hydroxyl groups is 2. The molecule has 0 aliphatic rings. The van der Waals surface area contributed by atoms with E-state index in [0.717, 1.165) is 13.0 Å². The third-order valence-corrected chi connectivity index (χ3v) is 2.29. The zero-order chi connectivity index (χ0) is 11.2. The Morgan fingerprint density at radius 3 is 2.43 bits per heavy atom. The van der Waals surface area contributed by atoms with Gasteiger partial charge in [0.2, 0.25) is 0 Å². The molecule has 0 heterocycles. The van der Waals surface area contributed by atoms with Gasteiger partial charge in [-0.15, -0.1) is 0 Å². The summed E-state index contributed by atoms with van der Waals surface area (Å²) in [6.45, 7) is 2.80. The van der Waals surface area contributed by atoms with Crippen LogP contribution in [0.5, 0.6) is 0 Å². The predicted octanol–water partition coefficient (Wildman–Crippen LogP) is -0.211. The lowest BCUT2D eigenvalue weighted by atomic mass is 9.91. The molecular formula is C10H24N2O2.